The lowest BCUT2D eigenvalue weighted by Gasteiger charge is -2.09. The number of benzene rings is 1. The van der Waals surface area contributed by atoms with Crippen molar-refractivity contribution in [2.24, 2.45) is 0 Å². The molecule has 0 amide bonds. The Morgan fingerprint density at radius 2 is 1.71 bits per heavy atom. The van der Waals surface area contributed by atoms with Gasteiger partial charge in [0.2, 0.25) is 0 Å². The Balaban J connectivity index is 2.46. The topological polar surface area (TPSA) is 48.4 Å². The average molecular weight is 283 g/mol. The molecule has 4 heteroatoms. The van der Waals surface area contributed by atoms with E-state index in [-0.39, 0.29) is 5.78 Å². The van der Waals surface area contributed by atoms with Gasteiger partial charge in [-0.25, -0.2) is 0 Å². The van der Waals surface area contributed by atoms with Gasteiger partial charge in [-0.05, 0) is 48.4 Å². The average Bonchev–Trinajstić information content (AvgIpc) is 2.52. The van der Waals surface area contributed by atoms with Crippen molar-refractivity contribution in [3.05, 3.63) is 53.9 Å². The van der Waals surface area contributed by atoms with E-state index in [1.165, 1.54) is 0 Å². The molecule has 0 N–H and O–H groups in total. The van der Waals surface area contributed by atoms with Crippen molar-refractivity contribution in [3.63, 3.8) is 0 Å². The lowest BCUT2D eigenvalue weighted by Crippen LogP contribution is -1.96. The predicted molar refractivity (Wildman–Crippen MR) is 82.3 cm³/mol. The Morgan fingerprint density at radius 1 is 1.05 bits per heavy atom. The van der Waals surface area contributed by atoms with Crippen molar-refractivity contribution in [1.29, 1.82) is 0 Å². The monoisotopic (exact) mass is 283 g/mol. The molecule has 4 nitrogen and oxygen atoms in total. The third-order valence-electron chi connectivity index (χ3n) is 3.09. The Hall–Kier alpha value is -2.62. The first-order valence-corrected chi connectivity index (χ1v) is 6.50. The SMILES string of the molecule is COc1ccc(C=C(C(C)=O)c2ccncc2)cc1OC. The number of carbonyl (C=O) groups excluding carboxylic acids is 1. The van der Waals surface area contributed by atoms with Crippen LogP contribution in [0.25, 0.3) is 11.6 Å². The quantitative estimate of drug-likeness (QED) is 0.790. The van der Waals surface area contributed by atoms with E-state index in [1.807, 2.05) is 36.4 Å². The Kier molecular flexibility index (Phi) is 4.72. The molecule has 1 heterocycles. The van der Waals surface area contributed by atoms with Gasteiger partial charge < -0.3 is 9.47 Å². The Labute approximate surface area is 124 Å². The zero-order valence-electron chi connectivity index (χ0n) is 12.3. The van der Waals surface area contributed by atoms with Crippen molar-refractivity contribution >= 4 is 17.4 Å². The van der Waals surface area contributed by atoms with Crippen molar-refractivity contribution in [2.45, 2.75) is 6.92 Å². The molecule has 1 aromatic carbocycles. The molecule has 0 unspecified atom stereocenters. The number of methoxy groups -OCH3 is 2. The number of pyridine rings is 1. The van der Waals surface area contributed by atoms with Gasteiger partial charge >= 0.3 is 0 Å². The number of aromatic nitrogens is 1. The normalized spacial score (nSPS) is 11.1. The van der Waals surface area contributed by atoms with Gasteiger partial charge in [-0.15, -0.1) is 0 Å². The molecule has 0 spiro atoms. The second-order valence-electron chi connectivity index (χ2n) is 4.46. The number of Topliss-reactive ketones (excluding diaryl/α,β-unsaturated/α-hetero) is 1. The lowest BCUT2D eigenvalue weighted by molar-refractivity contribution is -0.111. The highest BCUT2D eigenvalue weighted by atomic mass is 16.5. The van der Waals surface area contributed by atoms with Crippen LogP contribution in [0.15, 0.2) is 42.7 Å². The Bertz CT molecular complexity index is 663. The minimum Gasteiger partial charge on any atom is -0.493 e. The first-order chi connectivity index (χ1) is 10.2. The molecule has 0 saturated carbocycles. The predicted octanol–water partition coefficient (Wildman–Crippen LogP) is 3.23. The van der Waals surface area contributed by atoms with Gasteiger partial charge in [-0.1, -0.05) is 6.07 Å². The van der Waals surface area contributed by atoms with Crippen LogP contribution in [0.5, 0.6) is 11.5 Å². The molecule has 0 bridgehead atoms. The zero-order chi connectivity index (χ0) is 15.2. The number of rotatable bonds is 5. The molecule has 2 rings (SSSR count). The third kappa shape index (κ3) is 3.48. The van der Waals surface area contributed by atoms with E-state index in [0.717, 1.165) is 11.1 Å². The van der Waals surface area contributed by atoms with Crippen LogP contribution in [-0.2, 0) is 4.79 Å². The molecule has 0 fully saturated rings. The fraction of sp³-hybridized carbons (Fsp3) is 0.176. The molecule has 0 saturated heterocycles. The number of hydrogen-bond donors (Lipinski definition) is 0. The number of hydrogen-bond acceptors (Lipinski definition) is 4. The van der Waals surface area contributed by atoms with E-state index < -0.39 is 0 Å². The molecule has 21 heavy (non-hydrogen) atoms. The molecule has 2 aromatic rings. The zero-order valence-corrected chi connectivity index (χ0v) is 12.3. The van der Waals surface area contributed by atoms with E-state index in [1.54, 1.807) is 33.5 Å². The summed E-state index contributed by atoms with van der Waals surface area (Å²) in [5.41, 5.74) is 2.34. The molecule has 0 aliphatic rings. The van der Waals surface area contributed by atoms with Crippen molar-refractivity contribution in [1.82, 2.24) is 4.98 Å². The summed E-state index contributed by atoms with van der Waals surface area (Å²) in [5.74, 6) is 1.28. The standard InChI is InChI=1S/C17H17NO3/c1-12(19)15(14-6-8-18-9-7-14)10-13-4-5-16(20-2)17(11-13)21-3/h4-11H,1-3H3. The summed E-state index contributed by atoms with van der Waals surface area (Å²) in [4.78, 5) is 15.9. The van der Waals surface area contributed by atoms with Gasteiger partial charge in [0.1, 0.15) is 0 Å². The van der Waals surface area contributed by atoms with Gasteiger partial charge in [0.25, 0.3) is 0 Å². The number of ether oxygens (including phenoxy) is 2. The summed E-state index contributed by atoms with van der Waals surface area (Å²) >= 11 is 0. The lowest BCUT2D eigenvalue weighted by atomic mass is 10.0. The molecule has 108 valence electrons. The molecular weight excluding hydrogens is 266 g/mol. The van der Waals surface area contributed by atoms with Crippen LogP contribution in [0.1, 0.15) is 18.1 Å². The molecule has 0 atom stereocenters. The summed E-state index contributed by atoms with van der Waals surface area (Å²) in [5, 5.41) is 0. The van der Waals surface area contributed by atoms with Crippen molar-refractivity contribution < 1.29 is 14.3 Å². The van der Waals surface area contributed by atoms with Gasteiger partial charge in [0.05, 0.1) is 14.2 Å². The maximum atomic E-state index is 11.9. The summed E-state index contributed by atoms with van der Waals surface area (Å²) in [7, 11) is 3.17. The van der Waals surface area contributed by atoms with Crippen LogP contribution in [0, 0.1) is 0 Å². The van der Waals surface area contributed by atoms with Crippen molar-refractivity contribution in [3.8, 4) is 11.5 Å². The second kappa shape index (κ2) is 6.70. The molecule has 1 aromatic heterocycles. The molecule has 0 aliphatic heterocycles. The largest absolute Gasteiger partial charge is 0.493 e. The van der Waals surface area contributed by atoms with Crippen LogP contribution in [0.3, 0.4) is 0 Å². The van der Waals surface area contributed by atoms with Crippen LogP contribution >= 0.6 is 0 Å². The highest BCUT2D eigenvalue weighted by Crippen LogP contribution is 2.29. The number of carbonyl (C=O) groups is 1. The van der Waals surface area contributed by atoms with E-state index in [2.05, 4.69) is 4.98 Å². The van der Waals surface area contributed by atoms with Gasteiger partial charge in [0.15, 0.2) is 17.3 Å². The van der Waals surface area contributed by atoms with Crippen LogP contribution in [0.4, 0.5) is 0 Å². The number of allylic oxidation sites excluding steroid dienone is 1. The summed E-state index contributed by atoms with van der Waals surface area (Å²) in [6, 6.07) is 9.16. The van der Waals surface area contributed by atoms with Gasteiger partial charge in [-0.3, -0.25) is 9.78 Å². The summed E-state index contributed by atoms with van der Waals surface area (Å²) in [6.45, 7) is 1.55. The fourth-order valence-corrected chi connectivity index (χ4v) is 2.03. The third-order valence-corrected chi connectivity index (χ3v) is 3.09. The van der Waals surface area contributed by atoms with Crippen LogP contribution in [-0.4, -0.2) is 25.0 Å². The minimum atomic E-state index is -0.00372. The minimum absolute atomic E-state index is 0.00372. The highest BCUT2D eigenvalue weighted by molar-refractivity contribution is 6.24. The summed E-state index contributed by atoms with van der Waals surface area (Å²) < 4.78 is 10.5. The highest BCUT2D eigenvalue weighted by Gasteiger charge is 2.09. The molecule has 0 aliphatic carbocycles. The number of nitrogens with zero attached hydrogens (tertiary/aromatic N) is 1. The first-order valence-electron chi connectivity index (χ1n) is 6.50. The maximum absolute atomic E-state index is 11.9. The van der Waals surface area contributed by atoms with Gasteiger partial charge in [0, 0.05) is 18.0 Å². The fourth-order valence-electron chi connectivity index (χ4n) is 2.03. The maximum Gasteiger partial charge on any atom is 0.161 e. The number of ketones is 1. The van der Waals surface area contributed by atoms with E-state index in [0.29, 0.717) is 17.1 Å². The van der Waals surface area contributed by atoms with E-state index in [4.69, 9.17) is 9.47 Å². The molecule has 0 radical (unpaired) electrons. The van der Waals surface area contributed by atoms with Gasteiger partial charge in [-0.2, -0.15) is 0 Å². The first kappa shape index (κ1) is 14.8. The van der Waals surface area contributed by atoms with Crippen LogP contribution < -0.4 is 9.47 Å². The van der Waals surface area contributed by atoms with E-state index in [9.17, 15) is 4.79 Å². The van der Waals surface area contributed by atoms with Crippen LogP contribution in [0.2, 0.25) is 0 Å². The van der Waals surface area contributed by atoms with Crippen molar-refractivity contribution in [2.75, 3.05) is 14.2 Å². The summed E-state index contributed by atoms with van der Waals surface area (Å²) in [6.07, 6.45) is 5.17. The van der Waals surface area contributed by atoms with E-state index >= 15 is 0 Å². The second-order valence-corrected chi connectivity index (χ2v) is 4.46. The Morgan fingerprint density at radius 3 is 2.29 bits per heavy atom. The smallest absolute Gasteiger partial charge is 0.161 e. The molecular formula is C17H17NO3.